The van der Waals surface area contributed by atoms with E-state index >= 15 is 0 Å². The minimum atomic E-state index is -1.07. The van der Waals surface area contributed by atoms with Gasteiger partial charge in [-0.15, -0.1) is 0 Å². The molecule has 0 fully saturated rings. The Hall–Kier alpha value is -1.48. The first-order valence-electron chi connectivity index (χ1n) is 6.76. The number of anilines is 1. The molecule has 1 aliphatic heterocycles. The van der Waals surface area contributed by atoms with E-state index in [9.17, 15) is 14.3 Å². The van der Waals surface area contributed by atoms with E-state index in [1.807, 2.05) is 22.6 Å². The van der Waals surface area contributed by atoms with E-state index in [4.69, 9.17) is 5.73 Å². The van der Waals surface area contributed by atoms with Crippen molar-refractivity contribution in [1.29, 1.82) is 0 Å². The fraction of sp³-hybridized carbons (Fsp3) is 0.333. The number of primary amides is 1. The van der Waals surface area contributed by atoms with Crippen molar-refractivity contribution in [3.63, 3.8) is 0 Å². The number of hydrogen-bond acceptors (Lipinski definition) is 4. The van der Waals surface area contributed by atoms with Crippen LogP contribution in [-0.4, -0.2) is 28.9 Å². The molecule has 2 unspecified atom stereocenters. The van der Waals surface area contributed by atoms with Crippen LogP contribution in [0.1, 0.15) is 13.3 Å². The first kappa shape index (κ1) is 16.9. The summed E-state index contributed by atoms with van der Waals surface area (Å²) in [6, 6.07) is 4.72. The topological polar surface area (TPSA) is 87.7 Å². The van der Waals surface area contributed by atoms with E-state index in [1.54, 1.807) is 25.1 Å². The number of amides is 1. The normalized spacial score (nSPS) is 25.0. The molecular weight excluding hydrogens is 400 g/mol. The highest BCUT2D eigenvalue weighted by Gasteiger charge is 2.42. The first-order valence-corrected chi connectivity index (χ1v) is 7.83. The predicted molar refractivity (Wildman–Crippen MR) is 92.1 cm³/mol. The van der Waals surface area contributed by atoms with Crippen molar-refractivity contribution in [2.45, 2.75) is 25.0 Å². The van der Waals surface area contributed by atoms with Gasteiger partial charge in [-0.1, -0.05) is 6.08 Å². The van der Waals surface area contributed by atoms with E-state index in [0.29, 0.717) is 0 Å². The maximum Gasteiger partial charge on any atom is 0.227 e. The minimum Gasteiger partial charge on any atom is -0.393 e. The molecular formula is C15H17FIN3O2. The second-order valence-electron chi connectivity index (χ2n) is 5.34. The third-order valence-electron chi connectivity index (χ3n) is 3.46. The Kier molecular flexibility index (Phi) is 5.17. The molecule has 1 aromatic carbocycles. The van der Waals surface area contributed by atoms with Crippen molar-refractivity contribution >= 4 is 40.4 Å². The van der Waals surface area contributed by atoms with Crippen LogP contribution in [0.15, 0.2) is 35.5 Å². The average Bonchev–Trinajstić information content (AvgIpc) is 2.41. The summed E-state index contributed by atoms with van der Waals surface area (Å²) in [7, 11) is 0. The summed E-state index contributed by atoms with van der Waals surface area (Å²) in [4.78, 5) is 15.8. The molecule has 3 atom stereocenters. The Morgan fingerprint density at radius 3 is 2.95 bits per heavy atom. The molecule has 0 saturated carbocycles. The van der Waals surface area contributed by atoms with Crippen LogP contribution in [0.3, 0.4) is 0 Å². The third-order valence-corrected chi connectivity index (χ3v) is 4.13. The highest BCUT2D eigenvalue weighted by molar-refractivity contribution is 14.1. The van der Waals surface area contributed by atoms with E-state index < -0.39 is 29.3 Å². The average molecular weight is 417 g/mol. The lowest BCUT2D eigenvalue weighted by molar-refractivity contribution is -0.121. The van der Waals surface area contributed by atoms with Crippen molar-refractivity contribution in [3.05, 3.63) is 39.9 Å². The zero-order valence-corrected chi connectivity index (χ0v) is 14.1. The van der Waals surface area contributed by atoms with E-state index in [0.717, 1.165) is 3.57 Å². The van der Waals surface area contributed by atoms with Crippen LogP contribution in [0.25, 0.3) is 0 Å². The first-order chi connectivity index (χ1) is 10.3. The minimum absolute atomic E-state index is 0.167. The maximum atomic E-state index is 14.1. The Bertz CT molecular complexity index is 633. The standard InChI is InChI=1S/C15H17FIN3O2/c1-9(21)7-15(8-19-5-4-11(15)14(18)22)20-13-3-2-10(17)6-12(13)16/h2-6,8-9,11,20-21H,7H2,1H3,(H2,18,22)/t9-,11?,15?/m0/s1. The van der Waals surface area contributed by atoms with Gasteiger partial charge in [0.15, 0.2) is 0 Å². The fourth-order valence-corrected chi connectivity index (χ4v) is 3.04. The van der Waals surface area contributed by atoms with Crippen molar-refractivity contribution in [2.75, 3.05) is 5.32 Å². The van der Waals surface area contributed by atoms with Gasteiger partial charge in [0, 0.05) is 22.4 Å². The van der Waals surface area contributed by atoms with Gasteiger partial charge < -0.3 is 16.2 Å². The number of aliphatic imine (C=N–C) groups is 1. The Balaban J connectivity index is 2.43. The number of benzene rings is 1. The molecule has 1 amide bonds. The number of carbonyl (C=O) groups excluding carboxylic acids is 1. The van der Waals surface area contributed by atoms with Crippen LogP contribution in [0.4, 0.5) is 10.1 Å². The van der Waals surface area contributed by atoms with Gasteiger partial charge >= 0.3 is 0 Å². The molecule has 0 saturated heterocycles. The summed E-state index contributed by atoms with van der Waals surface area (Å²) in [6.07, 6.45) is 3.98. The summed E-state index contributed by atoms with van der Waals surface area (Å²) in [5.41, 5.74) is 4.63. The van der Waals surface area contributed by atoms with Crippen molar-refractivity contribution in [3.8, 4) is 0 Å². The smallest absolute Gasteiger partial charge is 0.227 e. The van der Waals surface area contributed by atoms with Gasteiger partial charge in [0.2, 0.25) is 5.91 Å². The lowest BCUT2D eigenvalue weighted by Crippen LogP contribution is -2.54. The largest absolute Gasteiger partial charge is 0.393 e. The number of halogens is 2. The van der Waals surface area contributed by atoms with Gasteiger partial charge in [-0.2, -0.15) is 0 Å². The highest BCUT2D eigenvalue weighted by Crippen LogP contribution is 2.31. The van der Waals surface area contributed by atoms with Gasteiger partial charge in [0.25, 0.3) is 0 Å². The molecule has 1 heterocycles. The second-order valence-corrected chi connectivity index (χ2v) is 6.59. The van der Waals surface area contributed by atoms with E-state index in [1.165, 1.54) is 18.5 Å². The van der Waals surface area contributed by atoms with Gasteiger partial charge in [-0.25, -0.2) is 4.39 Å². The SMILES string of the molecule is C[C@H](O)CC1(Nc2ccc(I)cc2F)C=NC=CC1C(N)=O. The summed E-state index contributed by atoms with van der Waals surface area (Å²) in [6.45, 7) is 1.60. The monoisotopic (exact) mass is 417 g/mol. The second kappa shape index (κ2) is 6.74. The van der Waals surface area contributed by atoms with E-state index in [-0.39, 0.29) is 12.1 Å². The van der Waals surface area contributed by atoms with Crippen LogP contribution >= 0.6 is 22.6 Å². The zero-order valence-electron chi connectivity index (χ0n) is 12.0. The van der Waals surface area contributed by atoms with Crippen molar-refractivity contribution in [1.82, 2.24) is 0 Å². The molecule has 0 radical (unpaired) electrons. The lowest BCUT2D eigenvalue weighted by atomic mass is 9.78. The van der Waals surface area contributed by atoms with Gasteiger partial charge in [-0.05, 0) is 47.7 Å². The van der Waals surface area contributed by atoms with Crippen LogP contribution < -0.4 is 11.1 Å². The number of rotatable bonds is 5. The zero-order chi connectivity index (χ0) is 16.3. The molecule has 1 aliphatic rings. The number of aliphatic hydroxyl groups excluding tert-OH is 1. The summed E-state index contributed by atoms with van der Waals surface area (Å²) >= 11 is 2.01. The lowest BCUT2D eigenvalue weighted by Gasteiger charge is -2.38. The van der Waals surface area contributed by atoms with Crippen LogP contribution in [-0.2, 0) is 4.79 Å². The molecule has 4 N–H and O–H groups in total. The molecule has 0 aliphatic carbocycles. The number of aliphatic hydroxyl groups is 1. The quantitative estimate of drug-likeness (QED) is 0.641. The number of nitrogens with zero attached hydrogens (tertiary/aromatic N) is 1. The maximum absolute atomic E-state index is 14.1. The number of carbonyl (C=O) groups is 1. The Morgan fingerprint density at radius 1 is 1.64 bits per heavy atom. The molecule has 7 heteroatoms. The fourth-order valence-electron chi connectivity index (χ4n) is 2.58. The Labute approximate surface area is 141 Å². The van der Waals surface area contributed by atoms with Crippen LogP contribution in [0.2, 0.25) is 0 Å². The van der Waals surface area contributed by atoms with Gasteiger partial charge in [0.05, 0.1) is 23.2 Å². The predicted octanol–water partition coefficient (Wildman–Crippen LogP) is 2.05. The van der Waals surface area contributed by atoms with Crippen LogP contribution in [0, 0.1) is 15.3 Å². The van der Waals surface area contributed by atoms with Gasteiger partial charge in [0.1, 0.15) is 5.82 Å². The summed E-state index contributed by atoms with van der Waals surface area (Å²) in [5.74, 6) is -1.75. The highest BCUT2D eigenvalue weighted by atomic mass is 127. The van der Waals surface area contributed by atoms with E-state index in [2.05, 4.69) is 10.3 Å². The molecule has 118 valence electrons. The molecule has 1 aromatic rings. The van der Waals surface area contributed by atoms with Crippen molar-refractivity contribution < 1.29 is 14.3 Å². The molecule has 5 nitrogen and oxygen atoms in total. The van der Waals surface area contributed by atoms with Crippen LogP contribution in [0.5, 0.6) is 0 Å². The number of nitrogens with one attached hydrogen (secondary N) is 1. The Morgan fingerprint density at radius 2 is 2.36 bits per heavy atom. The summed E-state index contributed by atoms with van der Waals surface area (Å²) < 4.78 is 14.9. The molecule has 0 spiro atoms. The number of hydrogen-bond donors (Lipinski definition) is 3. The van der Waals surface area contributed by atoms with Crippen molar-refractivity contribution in [2.24, 2.45) is 16.6 Å². The number of nitrogens with two attached hydrogens (primary N) is 1. The molecule has 0 aromatic heterocycles. The molecule has 0 bridgehead atoms. The van der Waals surface area contributed by atoms with Gasteiger partial charge in [-0.3, -0.25) is 9.79 Å². The summed E-state index contributed by atoms with van der Waals surface area (Å²) in [5, 5.41) is 12.8. The third kappa shape index (κ3) is 3.64. The molecule has 2 rings (SSSR count). The molecule has 22 heavy (non-hydrogen) atoms.